The molecule has 0 amide bonds. The number of phosphoric ester groups is 1. The SMILES string of the molecule is CC/C=C\C/C=C\C/C=C\C/C=C\C/C=C\CCCC(=O)OCC(COP(=O)(O)OCC(CO)OC(=O)CCCCCCCCCCC)OC(=O)CCCCCCCCCCC. The molecule has 0 aliphatic carbocycles. The van der Waals surface area contributed by atoms with Crippen molar-refractivity contribution in [2.75, 3.05) is 26.4 Å². The number of allylic oxidation sites excluding steroid dienone is 10. The molecule has 11 nitrogen and oxygen atoms in total. The molecule has 0 aromatic rings. The van der Waals surface area contributed by atoms with Crippen LogP contribution in [0.15, 0.2) is 60.8 Å². The van der Waals surface area contributed by atoms with Gasteiger partial charge in [0.2, 0.25) is 0 Å². The summed E-state index contributed by atoms with van der Waals surface area (Å²) in [4.78, 5) is 48.0. The second kappa shape index (κ2) is 44.8. The van der Waals surface area contributed by atoms with Gasteiger partial charge in [-0.25, -0.2) is 4.57 Å². The van der Waals surface area contributed by atoms with Gasteiger partial charge in [0, 0.05) is 19.3 Å². The molecular weight excluding hydrogens is 808 g/mol. The van der Waals surface area contributed by atoms with Crippen LogP contribution in [-0.4, -0.2) is 66.5 Å². The average Bonchev–Trinajstić information content (AvgIpc) is 3.25. The number of rotatable bonds is 44. The molecule has 0 fully saturated rings. The zero-order chi connectivity index (χ0) is 45.6. The zero-order valence-corrected chi connectivity index (χ0v) is 40.0. The van der Waals surface area contributed by atoms with E-state index in [4.69, 9.17) is 23.3 Å². The fraction of sp³-hybridized carbons (Fsp3) is 0.740. The predicted octanol–water partition coefficient (Wildman–Crippen LogP) is 13.2. The van der Waals surface area contributed by atoms with Crippen LogP contribution >= 0.6 is 7.82 Å². The minimum atomic E-state index is -4.74. The van der Waals surface area contributed by atoms with Crippen molar-refractivity contribution >= 4 is 25.7 Å². The lowest BCUT2D eigenvalue weighted by Crippen LogP contribution is -2.30. The Morgan fingerprint density at radius 1 is 0.468 bits per heavy atom. The highest BCUT2D eigenvalue weighted by Crippen LogP contribution is 2.43. The molecule has 0 heterocycles. The number of ether oxygens (including phenoxy) is 3. The summed E-state index contributed by atoms with van der Waals surface area (Å²) in [5, 5.41) is 9.71. The number of aliphatic hydroxyl groups excluding tert-OH is 1. The van der Waals surface area contributed by atoms with Crippen LogP contribution < -0.4 is 0 Å². The third-order valence-corrected chi connectivity index (χ3v) is 10.9. The lowest BCUT2D eigenvalue weighted by atomic mass is 10.1. The number of esters is 3. The first kappa shape index (κ1) is 59.2. The van der Waals surface area contributed by atoms with E-state index in [-0.39, 0.29) is 25.9 Å². The highest BCUT2D eigenvalue weighted by atomic mass is 31.2. The van der Waals surface area contributed by atoms with Gasteiger partial charge in [-0.3, -0.25) is 23.4 Å². The van der Waals surface area contributed by atoms with E-state index in [1.54, 1.807) is 0 Å². The van der Waals surface area contributed by atoms with Gasteiger partial charge < -0.3 is 24.2 Å². The van der Waals surface area contributed by atoms with Gasteiger partial charge in [0.15, 0.2) is 6.10 Å². The summed E-state index contributed by atoms with van der Waals surface area (Å²) in [6, 6.07) is 0. The van der Waals surface area contributed by atoms with E-state index in [0.717, 1.165) is 70.6 Å². The summed E-state index contributed by atoms with van der Waals surface area (Å²) >= 11 is 0. The number of aliphatic hydroxyl groups is 1. The second-order valence-corrected chi connectivity index (χ2v) is 17.4. The lowest BCUT2D eigenvalue weighted by Gasteiger charge is -2.21. The monoisotopic (exact) mass is 895 g/mol. The summed E-state index contributed by atoms with van der Waals surface area (Å²) in [5.74, 6) is -1.54. The van der Waals surface area contributed by atoms with Crippen LogP contribution in [0.2, 0.25) is 0 Å². The summed E-state index contributed by atoms with van der Waals surface area (Å²) in [7, 11) is -4.74. The van der Waals surface area contributed by atoms with Crippen LogP contribution in [0.3, 0.4) is 0 Å². The number of carbonyl (C=O) groups is 3. The largest absolute Gasteiger partial charge is 0.472 e. The van der Waals surface area contributed by atoms with Crippen LogP contribution in [0.25, 0.3) is 0 Å². The van der Waals surface area contributed by atoms with Gasteiger partial charge in [-0.2, -0.15) is 0 Å². The molecule has 3 unspecified atom stereocenters. The Morgan fingerprint density at radius 2 is 0.839 bits per heavy atom. The van der Waals surface area contributed by atoms with E-state index >= 15 is 0 Å². The van der Waals surface area contributed by atoms with E-state index in [1.165, 1.54) is 64.2 Å². The number of hydrogen-bond donors (Lipinski definition) is 2. The summed E-state index contributed by atoms with van der Waals surface area (Å²) < 4.78 is 39.1. The van der Waals surface area contributed by atoms with E-state index < -0.39 is 57.8 Å². The summed E-state index contributed by atoms with van der Waals surface area (Å²) in [5.41, 5.74) is 0. The average molecular weight is 895 g/mol. The van der Waals surface area contributed by atoms with Crippen molar-refractivity contribution in [1.29, 1.82) is 0 Å². The molecule has 0 spiro atoms. The van der Waals surface area contributed by atoms with Crippen LogP contribution in [0.5, 0.6) is 0 Å². The van der Waals surface area contributed by atoms with E-state index in [9.17, 15) is 28.9 Å². The lowest BCUT2D eigenvalue weighted by molar-refractivity contribution is -0.161. The van der Waals surface area contributed by atoms with Gasteiger partial charge >= 0.3 is 25.7 Å². The quantitative estimate of drug-likeness (QED) is 0.0197. The Kier molecular flexibility index (Phi) is 42.7. The molecule has 0 aromatic carbocycles. The Balaban J connectivity index is 4.79. The van der Waals surface area contributed by atoms with Gasteiger partial charge in [0.1, 0.15) is 12.7 Å². The van der Waals surface area contributed by atoms with Crippen LogP contribution in [0.1, 0.15) is 201 Å². The molecule has 358 valence electrons. The Morgan fingerprint density at radius 3 is 1.27 bits per heavy atom. The van der Waals surface area contributed by atoms with Crippen LogP contribution in [0.4, 0.5) is 0 Å². The van der Waals surface area contributed by atoms with Crippen molar-refractivity contribution in [1.82, 2.24) is 0 Å². The maximum atomic E-state index is 12.8. The van der Waals surface area contributed by atoms with E-state index in [2.05, 4.69) is 75.5 Å². The normalized spacial score (nSPS) is 14.1. The van der Waals surface area contributed by atoms with Crippen molar-refractivity contribution in [3.05, 3.63) is 60.8 Å². The molecule has 0 aliphatic rings. The fourth-order valence-corrected chi connectivity index (χ4v) is 7.06. The molecule has 0 rings (SSSR count). The third-order valence-electron chi connectivity index (χ3n) is 9.96. The Labute approximate surface area is 376 Å². The molecule has 62 heavy (non-hydrogen) atoms. The van der Waals surface area contributed by atoms with Crippen LogP contribution in [0, 0.1) is 0 Å². The van der Waals surface area contributed by atoms with Crippen molar-refractivity contribution in [3.8, 4) is 0 Å². The first-order valence-electron chi connectivity index (χ1n) is 24.2. The highest BCUT2D eigenvalue weighted by Gasteiger charge is 2.28. The van der Waals surface area contributed by atoms with E-state index in [1.807, 2.05) is 6.08 Å². The van der Waals surface area contributed by atoms with E-state index in [0.29, 0.717) is 25.7 Å². The maximum absolute atomic E-state index is 12.8. The van der Waals surface area contributed by atoms with Gasteiger partial charge in [0.05, 0.1) is 19.8 Å². The molecular formula is C50H87O11P. The van der Waals surface area contributed by atoms with Gasteiger partial charge in [-0.05, 0) is 57.8 Å². The standard InChI is InChI=1S/C50H87O11P/c1-4-7-10-13-16-19-20-21-22-23-24-25-26-29-30-33-36-39-48(52)57-43-47(61-50(54)41-38-35-32-28-18-15-12-9-6-3)45-59-62(55,56)58-44-46(42-51)60-49(53)40-37-34-31-27-17-14-11-8-5-2/h7,10,16,19,21-22,24-25,29-30,46-47,51H,4-6,8-9,11-15,17-18,20,23,26-28,31-45H2,1-3H3,(H,55,56)/b10-7-,19-16-,22-21-,25-24-,30-29-. The number of unbranched alkanes of at least 4 members (excludes halogenated alkanes) is 17. The molecule has 0 aromatic heterocycles. The maximum Gasteiger partial charge on any atom is 0.472 e. The summed E-state index contributed by atoms with van der Waals surface area (Å²) in [6.45, 7) is 4.39. The minimum absolute atomic E-state index is 0.149. The van der Waals surface area contributed by atoms with Gasteiger partial charge in [-0.15, -0.1) is 0 Å². The molecule has 0 bridgehead atoms. The van der Waals surface area contributed by atoms with Crippen molar-refractivity contribution in [2.45, 2.75) is 213 Å². The van der Waals surface area contributed by atoms with Crippen LogP contribution in [-0.2, 0) is 42.2 Å². The van der Waals surface area contributed by atoms with Crippen molar-refractivity contribution in [3.63, 3.8) is 0 Å². The highest BCUT2D eigenvalue weighted by molar-refractivity contribution is 7.47. The van der Waals surface area contributed by atoms with Crippen molar-refractivity contribution < 1.29 is 52.2 Å². The molecule has 0 saturated carbocycles. The van der Waals surface area contributed by atoms with Gasteiger partial charge in [0.25, 0.3) is 0 Å². The topological polar surface area (TPSA) is 155 Å². The molecule has 0 saturated heterocycles. The Bertz CT molecular complexity index is 1280. The first-order chi connectivity index (χ1) is 30.2. The molecule has 3 atom stereocenters. The number of hydrogen-bond acceptors (Lipinski definition) is 10. The summed E-state index contributed by atoms with van der Waals surface area (Å²) in [6.07, 6.45) is 45.1. The molecule has 2 N–H and O–H groups in total. The number of phosphoric acid groups is 1. The fourth-order valence-electron chi connectivity index (χ4n) is 6.27. The second-order valence-electron chi connectivity index (χ2n) is 15.9. The molecule has 0 aliphatic heterocycles. The Hall–Kier alpha value is -2.82. The van der Waals surface area contributed by atoms with Gasteiger partial charge in [-0.1, -0.05) is 184 Å². The predicted molar refractivity (Wildman–Crippen MR) is 252 cm³/mol. The third kappa shape index (κ3) is 42.5. The molecule has 12 heteroatoms. The molecule has 0 radical (unpaired) electrons. The van der Waals surface area contributed by atoms with Crippen molar-refractivity contribution in [2.24, 2.45) is 0 Å². The number of carbonyl (C=O) groups excluding carboxylic acids is 3. The zero-order valence-electron chi connectivity index (χ0n) is 39.1. The minimum Gasteiger partial charge on any atom is -0.462 e. The first-order valence-corrected chi connectivity index (χ1v) is 25.7. The smallest absolute Gasteiger partial charge is 0.462 e.